The first kappa shape index (κ1) is 21.0. The third-order valence-corrected chi connectivity index (χ3v) is 4.98. The largest absolute Gasteiger partial charge is 0.467 e. The Balaban J connectivity index is 1.23. The van der Waals surface area contributed by atoms with E-state index < -0.39 is 12.2 Å². The third kappa shape index (κ3) is 7.38. The zero-order chi connectivity index (χ0) is 19.6. The van der Waals surface area contributed by atoms with Crippen LogP contribution in [0.4, 0.5) is 0 Å². The molecule has 8 heteroatoms. The van der Waals surface area contributed by atoms with Gasteiger partial charge in [0, 0.05) is 0 Å². The first-order chi connectivity index (χ1) is 13.7. The van der Waals surface area contributed by atoms with E-state index in [0.29, 0.717) is 39.5 Å². The highest BCUT2D eigenvalue weighted by Crippen LogP contribution is 2.02. The predicted octanol–water partition coefficient (Wildman–Crippen LogP) is -1.89. The molecule has 8 nitrogen and oxygen atoms in total. The molecule has 2 atom stereocenters. The van der Waals surface area contributed by atoms with Gasteiger partial charge in [-0.25, -0.2) is 0 Å². The van der Waals surface area contributed by atoms with E-state index >= 15 is 0 Å². The van der Waals surface area contributed by atoms with Crippen LogP contribution in [-0.4, -0.2) is 74.9 Å². The third-order valence-electron chi connectivity index (χ3n) is 4.98. The quantitative estimate of drug-likeness (QED) is 0.335. The lowest BCUT2D eigenvalue weighted by Crippen LogP contribution is -3.28. The maximum atomic E-state index is 10.2. The Kier molecular flexibility index (Phi) is 8.53. The molecule has 0 spiro atoms. The van der Waals surface area contributed by atoms with Gasteiger partial charge in [0.25, 0.3) is 0 Å². The zero-order valence-corrected chi connectivity index (χ0v) is 16.2. The molecule has 0 aromatic carbocycles. The molecule has 0 radical (unpaired) electrons. The molecule has 2 aromatic rings. The van der Waals surface area contributed by atoms with Gasteiger partial charge in [0.2, 0.25) is 0 Å². The number of piperazine rings is 1. The number of aliphatic hydroxyl groups excluding tert-OH is 2. The number of furan rings is 2. The van der Waals surface area contributed by atoms with Gasteiger partial charge in [0.1, 0.15) is 76.2 Å². The van der Waals surface area contributed by atoms with Crippen LogP contribution in [0.2, 0.25) is 0 Å². The summed E-state index contributed by atoms with van der Waals surface area (Å²) in [5, 5.41) is 20.3. The topological polar surface area (TPSA) is 94.1 Å². The fraction of sp³-hybridized carbons (Fsp3) is 0.600. The number of hydrogen-bond acceptors (Lipinski definition) is 6. The van der Waals surface area contributed by atoms with Crippen molar-refractivity contribution in [1.29, 1.82) is 0 Å². The summed E-state index contributed by atoms with van der Waals surface area (Å²) < 4.78 is 21.4. The van der Waals surface area contributed by atoms with Crippen molar-refractivity contribution in [2.75, 3.05) is 52.5 Å². The van der Waals surface area contributed by atoms with E-state index in [9.17, 15) is 10.2 Å². The van der Waals surface area contributed by atoms with Crippen molar-refractivity contribution in [3.63, 3.8) is 0 Å². The highest BCUT2D eigenvalue weighted by molar-refractivity contribution is 4.96. The van der Waals surface area contributed by atoms with Crippen LogP contribution in [0.5, 0.6) is 0 Å². The molecule has 0 aliphatic carbocycles. The Morgan fingerprint density at radius 2 is 1.21 bits per heavy atom. The normalized spacial score (nSPS) is 22.2. The molecular formula is C20H32N2O6+2. The first-order valence-corrected chi connectivity index (χ1v) is 9.92. The van der Waals surface area contributed by atoms with Gasteiger partial charge in [-0.1, -0.05) is 0 Å². The van der Waals surface area contributed by atoms with Crippen molar-refractivity contribution >= 4 is 0 Å². The Bertz CT molecular complexity index is 569. The van der Waals surface area contributed by atoms with Crippen LogP contribution in [0, 0.1) is 0 Å². The average Bonchev–Trinajstić information content (AvgIpc) is 3.37. The molecular weight excluding hydrogens is 364 g/mol. The summed E-state index contributed by atoms with van der Waals surface area (Å²) in [5.74, 6) is 1.53. The average molecular weight is 396 g/mol. The summed E-state index contributed by atoms with van der Waals surface area (Å²) in [5.41, 5.74) is 0. The van der Waals surface area contributed by atoms with Gasteiger partial charge in [0.15, 0.2) is 0 Å². The number of nitrogens with one attached hydrogen (secondary N) is 2. The van der Waals surface area contributed by atoms with E-state index in [2.05, 4.69) is 0 Å². The Morgan fingerprint density at radius 1 is 0.786 bits per heavy atom. The van der Waals surface area contributed by atoms with Crippen molar-refractivity contribution < 1.29 is 38.3 Å². The molecule has 0 bridgehead atoms. The van der Waals surface area contributed by atoms with Gasteiger partial charge in [0.05, 0.1) is 25.7 Å². The number of aliphatic hydroxyl groups is 2. The van der Waals surface area contributed by atoms with Crippen LogP contribution in [0.15, 0.2) is 45.6 Å². The smallest absolute Gasteiger partial charge is 0.129 e. The zero-order valence-electron chi connectivity index (χ0n) is 16.2. The van der Waals surface area contributed by atoms with Gasteiger partial charge >= 0.3 is 0 Å². The summed E-state index contributed by atoms with van der Waals surface area (Å²) in [6.45, 7) is 6.66. The van der Waals surface area contributed by atoms with E-state index in [4.69, 9.17) is 18.3 Å². The Labute approximate surface area is 165 Å². The minimum atomic E-state index is -0.480. The van der Waals surface area contributed by atoms with Gasteiger partial charge in [-0.3, -0.25) is 0 Å². The van der Waals surface area contributed by atoms with E-state index in [1.54, 1.807) is 12.5 Å². The summed E-state index contributed by atoms with van der Waals surface area (Å²) in [6, 6.07) is 7.36. The molecule has 1 aliphatic rings. The number of hydrogen-bond donors (Lipinski definition) is 4. The SMILES string of the molecule is O[C@@H](COCc1ccco1)C[NH+]1CC[NH+](C[C@@H](O)COCc2ccco2)CC1. The Hall–Kier alpha value is -1.68. The van der Waals surface area contributed by atoms with Crippen LogP contribution in [-0.2, 0) is 22.7 Å². The van der Waals surface area contributed by atoms with Gasteiger partial charge in [-0.2, -0.15) is 0 Å². The lowest BCUT2D eigenvalue weighted by atomic mass is 10.2. The second-order valence-electron chi connectivity index (χ2n) is 7.40. The number of rotatable bonds is 12. The molecule has 1 saturated heterocycles. The summed E-state index contributed by atoms with van der Waals surface area (Å²) in [7, 11) is 0. The first-order valence-electron chi connectivity index (χ1n) is 9.92. The van der Waals surface area contributed by atoms with Crippen LogP contribution in [0.3, 0.4) is 0 Å². The molecule has 1 fully saturated rings. The molecule has 2 aromatic heterocycles. The fourth-order valence-electron chi connectivity index (χ4n) is 3.53. The maximum Gasteiger partial charge on any atom is 0.129 e. The maximum absolute atomic E-state index is 10.2. The minimum absolute atomic E-state index is 0.312. The summed E-state index contributed by atoms with van der Waals surface area (Å²) in [6.07, 6.45) is 2.27. The molecule has 1 aliphatic heterocycles. The standard InChI is InChI=1S/C20H30N2O6/c23-17(13-25-15-19-3-1-9-27-19)11-21-5-7-22(8-6-21)12-18(24)14-26-16-20-4-2-10-28-20/h1-4,9-10,17-18,23-24H,5-8,11-16H2/p+2/t17-,18-/m1/s1. The second kappa shape index (κ2) is 11.4. The van der Waals surface area contributed by atoms with Crippen LogP contribution in [0.25, 0.3) is 0 Å². The highest BCUT2D eigenvalue weighted by Gasteiger charge is 2.26. The van der Waals surface area contributed by atoms with Crippen LogP contribution in [0.1, 0.15) is 11.5 Å². The van der Waals surface area contributed by atoms with E-state index in [-0.39, 0.29) is 0 Å². The van der Waals surface area contributed by atoms with Crippen molar-refractivity contribution in [3.8, 4) is 0 Å². The van der Waals surface area contributed by atoms with E-state index in [0.717, 1.165) is 37.7 Å². The number of ether oxygens (including phenoxy) is 2. The van der Waals surface area contributed by atoms with E-state index in [1.165, 1.54) is 9.80 Å². The lowest BCUT2D eigenvalue weighted by molar-refractivity contribution is -1.01. The van der Waals surface area contributed by atoms with Crippen molar-refractivity contribution in [3.05, 3.63) is 48.3 Å². The highest BCUT2D eigenvalue weighted by atomic mass is 16.5. The fourth-order valence-corrected chi connectivity index (χ4v) is 3.53. The van der Waals surface area contributed by atoms with Crippen molar-refractivity contribution in [2.45, 2.75) is 25.4 Å². The monoisotopic (exact) mass is 396 g/mol. The predicted molar refractivity (Wildman–Crippen MR) is 99.9 cm³/mol. The molecule has 156 valence electrons. The second-order valence-corrected chi connectivity index (χ2v) is 7.40. The molecule has 0 unspecified atom stereocenters. The van der Waals surface area contributed by atoms with Crippen LogP contribution < -0.4 is 9.80 Å². The van der Waals surface area contributed by atoms with Gasteiger partial charge in [-0.15, -0.1) is 0 Å². The molecule has 0 amide bonds. The number of quaternary nitrogens is 2. The molecule has 3 rings (SSSR count). The summed E-state index contributed by atoms with van der Waals surface area (Å²) in [4.78, 5) is 2.75. The molecule has 28 heavy (non-hydrogen) atoms. The molecule has 4 N–H and O–H groups in total. The molecule has 0 saturated carbocycles. The minimum Gasteiger partial charge on any atom is -0.467 e. The van der Waals surface area contributed by atoms with Crippen LogP contribution >= 0.6 is 0 Å². The van der Waals surface area contributed by atoms with Gasteiger partial charge < -0.3 is 38.3 Å². The van der Waals surface area contributed by atoms with Crippen molar-refractivity contribution in [2.24, 2.45) is 0 Å². The van der Waals surface area contributed by atoms with Crippen molar-refractivity contribution in [1.82, 2.24) is 0 Å². The van der Waals surface area contributed by atoms with Gasteiger partial charge in [-0.05, 0) is 24.3 Å². The van der Waals surface area contributed by atoms with E-state index in [1.807, 2.05) is 24.3 Å². The Morgan fingerprint density at radius 3 is 1.57 bits per heavy atom. The molecule has 3 heterocycles. The summed E-state index contributed by atoms with van der Waals surface area (Å²) >= 11 is 0. The lowest BCUT2D eigenvalue weighted by Gasteiger charge is -2.31.